The second-order valence-corrected chi connectivity index (χ2v) is 8.15. The minimum atomic E-state index is -0.204. The highest BCUT2D eigenvalue weighted by molar-refractivity contribution is 8.00. The van der Waals surface area contributed by atoms with Gasteiger partial charge in [-0.3, -0.25) is 4.79 Å². The summed E-state index contributed by atoms with van der Waals surface area (Å²) in [5.74, 6) is 0.124. The monoisotopic (exact) mass is 381 g/mol. The van der Waals surface area contributed by atoms with E-state index in [1.807, 2.05) is 35.7 Å². The van der Waals surface area contributed by atoms with Crippen molar-refractivity contribution >= 4 is 29.1 Å². The molecule has 0 saturated carbocycles. The van der Waals surface area contributed by atoms with Crippen LogP contribution in [-0.2, 0) is 29.0 Å². The molecule has 0 amide bonds. The molecular formula is C21H19NO2S2. The molecule has 2 aromatic carbocycles. The summed E-state index contributed by atoms with van der Waals surface area (Å²) in [4.78, 5) is 17.7. The highest BCUT2D eigenvalue weighted by Gasteiger charge is 2.12. The zero-order valence-electron chi connectivity index (χ0n) is 14.3. The fourth-order valence-corrected chi connectivity index (χ4v) is 4.63. The van der Waals surface area contributed by atoms with Crippen LogP contribution in [0.25, 0.3) is 10.6 Å². The Bertz CT molecular complexity index is 905. The van der Waals surface area contributed by atoms with Gasteiger partial charge in [0.2, 0.25) is 0 Å². The maximum Gasteiger partial charge on any atom is 0.316 e. The molecule has 0 fully saturated rings. The summed E-state index contributed by atoms with van der Waals surface area (Å²) in [6.45, 7) is 0.229. The van der Waals surface area contributed by atoms with Gasteiger partial charge in [0.05, 0.1) is 11.4 Å². The highest BCUT2D eigenvalue weighted by Crippen LogP contribution is 2.28. The maximum absolute atomic E-state index is 12.0. The first kappa shape index (κ1) is 17.3. The van der Waals surface area contributed by atoms with Gasteiger partial charge in [0, 0.05) is 15.8 Å². The number of benzene rings is 2. The Morgan fingerprint density at radius 1 is 1.12 bits per heavy atom. The van der Waals surface area contributed by atoms with E-state index in [2.05, 4.69) is 23.2 Å². The standard InChI is InChI=1S/C21H19NO2S2/c23-20(14-25-19-10-9-15-7-4-8-17(15)11-19)24-12-18-13-26-21(22-18)16-5-2-1-3-6-16/h1-3,5-6,9-11,13H,4,7-8,12,14H2. The number of ether oxygens (including phenoxy) is 1. The molecule has 1 aliphatic rings. The summed E-state index contributed by atoms with van der Waals surface area (Å²) in [7, 11) is 0. The SMILES string of the molecule is O=C(CSc1ccc2c(c1)CCC2)OCc1csc(-c2ccccc2)n1. The van der Waals surface area contributed by atoms with E-state index in [0.29, 0.717) is 5.75 Å². The zero-order chi connectivity index (χ0) is 17.8. The van der Waals surface area contributed by atoms with Gasteiger partial charge in [-0.05, 0) is 42.5 Å². The minimum Gasteiger partial charge on any atom is -0.459 e. The van der Waals surface area contributed by atoms with Gasteiger partial charge in [0.25, 0.3) is 0 Å². The number of rotatable bonds is 6. The van der Waals surface area contributed by atoms with E-state index in [4.69, 9.17) is 4.74 Å². The summed E-state index contributed by atoms with van der Waals surface area (Å²) in [6, 6.07) is 16.5. The van der Waals surface area contributed by atoms with Crippen molar-refractivity contribution < 1.29 is 9.53 Å². The van der Waals surface area contributed by atoms with Crippen LogP contribution in [0.5, 0.6) is 0 Å². The number of carbonyl (C=O) groups excluding carboxylic acids is 1. The number of hydrogen-bond acceptors (Lipinski definition) is 5. The second-order valence-electron chi connectivity index (χ2n) is 6.24. The van der Waals surface area contributed by atoms with Gasteiger partial charge in [-0.15, -0.1) is 23.1 Å². The molecule has 1 aliphatic carbocycles. The molecule has 26 heavy (non-hydrogen) atoms. The summed E-state index contributed by atoms with van der Waals surface area (Å²) >= 11 is 3.11. The average Bonchev–Trinajstić information content (AvgIpc) is 3.34. The molecule has 3 aromatic rings. The Hall–Kier alpha value is -2.11. The fraction of sp³-hybridized carbons (Fsp3) is 0.238. The van der Waals surface area contributed by atoms with E-state index >= 15 is 0 Å². The van der Waals surface area contributed by atoms with Crippen LogP contribution in [0.15, 0.2) is 58.8 Å². The lowest BCUT2D eigenvalue weighted by atomic mass is 10.1. The molecule has 0 atom stereocenters. The average molecular weight is 382 g/mol. The topological polar surface area (TPSA) is 39.2 Å². The zero-order valence-corrected chi connectivity index (χ0v) is 15.9. The van der Waals surface area contributed by atoms with Crippen molar-refractivity contribution in [2.24, 2.45) is 0 Å². The molecule has 0 aliphatic heterocycles. The molecule has 4 rings (SSSR count). The third-order valence-corrected chi connectivity index (χ3v) is 6.29. The number of nitrogens with zero attached hydrogens (tertiary/aromatic N) is 1. The molecule has 1 heterocycles. The third kappa shape index (κ3) is 4.17. The first-order valence-electron chi connectivity index (χ1n) is 8.68. The van der Waals surface area contributed by atoms with Crippen LogP contribution in [0.2, 0.25) is 0 Å². The number of aromatic nitrogens is 1. The quantitative estimate of drug-likeness (QED) is 0.438. The van der Waals surface area contributed by atoms with E-state index < -0.39 is 0 Å². The summed E-state index contributed by atoms with van der Waals surface area (Å²) in [5, 5.41) is 2.90. The number of aryl methyl sites for hydroxylation is 2. The Balaban J connectivity index is 1.27. The van der Waals surface area contributed by atoms with Crippen LogP contribution in [0.1, 0.15) is 23.2 Å². The van der Waals surface area contributed by atoms with E-state index in [9.17, 15) is 4.79 Å². The van der Waals surface area contributed by atoms with Crippen LogP contribution in [-0.4, -0.2) is 16.7 Å². The number of thiazole rings is 1. The van der Waals surface area contributed by atoms with Crippen molar-refractivity contribution in [1.29, 1.82) is 0 Å². The van der Waals surface area contributed by atoms with Gasteiger partial charge in [-0.2, -0.15) is 0 Å². The molecular weight excluding hydrogens is 362 g/mol. The fourth-order valence-electron chi connectivity index (χ4n) is 3.06. The first-order chi connectivity index (χ1) is 12.8. The largest absolute Gasteiger partial charge is 0.459 e. The molecule has 132 valence electrons. The number of fused-ring (bicyclic) bond motifs is 1. The van der Waals surface area contributed by atoms with Crippen LogP contribution < -0.4 is 0 Å². The van der Waals surface area contributed by atoms with Crippen LogP contribution in [0.3, 0.4) is 0 Å². The van der Waals surface area contributed by atoms with Crippen LogP contribution in [0.4, 0.5) is 0 Å². The smallest absolute Gasteiger partial charge is 0.316 e. The van der Waals surface area contributed by atoms with Crippen molar-refractivity contribution in [3.8, 4) is 10.6 Å². The summed E-state index contributed by atoms with van der Waals surface area (Å²) < 4.78 is 5.38. The Morgan fingerprint density at radius 3 is 2.85 bits per heavy atom. The van der Waals surface area contributed by atoms with E-state index in [1.165, 1.54) is 35.7 Å². The van der Waals surface area contributed by atoms with Gasteiger partial charge < -0.3 is 4.74 Å². The molecule has 0 N–H and O–H groups in total. The van der Waals surface area contributed by atoms with Crippen molar-refractivity contribution in [2.75, 3.05) is 5.75 Å². The van der Waals surface area contributed by atoms with Gasteiger partial charge in [0.15, 0.2) is 0 Å². The first-order valence-corrected chi connectivity index (χ1v) is 10.5. The van der Waals surface area contributed by atoms with E-state index in [1.54, 1.807) is 11.3 Å². The lowest BCUT2D eigenvalue weighted by molar-refractivity contribution is -0.141. The van der Waals surface area contributed by atoms with Crippen molar-refractivity contribution in [3.05, 3.63) is 70.7 Å². The molecule has 0 saturated heterocycles. The van der Waals surface area contributed by atoms with Gasteiger partial charge >= 0.3 is 5.97 Å². The molecule has 5 heteroatoms. The van der Waals surface area contributed by atoms with Gasteiger partial charge in [-0.25, -0.2) is 4.98 Å². The Morgan fingerprint density at radius 2 is 1.96 bits per heavy atom. The minimum absolute atomic E-state index is 0.204. The van der Waals surface area contributed by atoms with E-state index in [-0.39, 0.29) is 12.6 Å². The molecule has 0 unspecified atom stereocenters. The predicted molar refractivity (Wildman–Crippen MR) is 107 cm³/mol. The molecule has 0 bridgehead atoms. The number of thioether (sulfide) groups is 1. The Kier molecular flexibility index (Phi) is 5.37. The normalized spacial score (nSPS) is 12.8. The van der Waals surface area contributed by atoms with Crippen LogP contribution >= 0.6 is 23.1 Å². The number of hydrogen-bond donors (Lipinski definition) is 0. The Labute approximate surface area is 161 Å². The van der Waals surface area contributed by atoms with Crippen molar-refractivity contribution in [3.63, 3.8) is 0 Å². The molecule has 1 aromatic heterocycles. The van der Waals surface area contributed by atoms with Crippen LogP contribution in [0, 0.1) is 0 Å². The van der Waals surface area contributed by atoms with Crippen molar-refractivity contribution in [2.45, 2.75) is 30.8 Å². The third-order valence-electron chi connectivity index (χ3n) is 4.38. The number of esters is 1. The highest BCUT2D eigenvalue weighted by atomic mass is 32.2. The van der Waals surface area contributed by atoms with Crippen molar-refractivity contribution in [1.82, 2.24) is 4.98 Å². The molecule has 3 nitrogen and oxygen atoms in total. The number of carbonyl (C=O) groups is 1. The summed E-state index contributed by atoms with van der Waals surface area (Å²) in [6.07, 6.45) is 3.58. The molecule has 0 radical (unpaired) electrons. The maximum atomic E-state index is 12.0. The predicted octanol–water partition coefficient (Wildman–Crippen LogP) is 5.13. The lowest BCUT2D eigenvalue weighted by Crippen LogP contribution is -2.07. The molecule has 0 spiro atoms. The van der Waals surface area contributed by atoms with E-state index in [0.717, 1.165) is 27.6 Å². The lowest BCUT2D eigenvalue weighted by Gasteiger charge is -2.05. The van der Waals surface area contributed by atoms with Gasteiger partial charge in [0.1, 0.15) is 11.6 Å². The second kappa shape index (κ2) is 8.06. The van der Waals surface area contributed by atoms with Gasteiger partial charge in [-0.1, -0.05) is 36.4 Å². The summed E-state index contributed by atoms with van der Waals surface area (Å²) in [5.41, 5.74) is 4.76.